The Hall–Kier alpha value is -1.68. The average molecular weight is 251 g/mol. The molecule has 1 rings (SSSR count). The predicted octanol–water partition coefficient (Wildman–Crippen LogP) is 2.68. The number of hydrogen-bond acceptors (Lipinski definition) is 2. The van der Waals surface area contributed by atoms with Crippen molar-refractivity contribution in [1.29, 1.82) is 0 Å². The Balaban J connectivity index is 2.54. The smallest absolute Gasteiger partial charge is 0.303 e. The molecule has 0 aliphatic heterocycles. The van der Waals surface area contributed by atoms with Gasteiger partial charge in [0, 0.05) is 25.1 Å². The van der Waals surface area contributed by atoms with Gasteiger partial charge in [-0.1, -0.05) is 24.3 Å². The molecule has 1 N–H and O–H groups in total. The molecule has 0 unspecified atom stereocenters. The molecule has 1 aromatic carbocycles. The maximum Gasteiger partial charge on any atom is 0.303 e. The second-order valence-electron chi connectivity index (χ2n) is 4.11. The van der Waals surface area contributed by atoms with E-state index in [9.17, 15) is 9.18 Å². The van der Waals surface area contributed by atoms with E-state index in [-0.39, 0.29) is 12.2 Å². The zero-order valence-corrected chi connectivity index (χ0v) is 10.3. The van der Waals surface area contributed by atoms with E-state index in [4.69, 9.17) is 5.11 Å². The Morgan fingerprint density at radius 2 is 2.17 bits per heavy atom. The summed E-state index contributed by atoms with van der Waals surface area (Å²) in [5.74, 6) is -1.04. The Morgan fingerprint density at radius 1 is 1.44 bits per heavy atom. The van der Waals surface area contributed by atoms with Crippen molar-refractivity contribution in [2.45, 2.75) is 19.4 Å². The van der Waals surface area contributed by atoms with Crippen LogP contribution in [0.3, 0.4) is 0 Å². The van der Waals surface area contributed by atoms with E-state index in [1.54, 1.807) is 24.3 Å². The molecule has 18 heavy (non-hydrogen) atoms. The second-order valence-corrected chi connectivity index (χ2v) is 4.11. The van der Waals surface area contributed by atoms with Gasteiger partial charge in [0.1, 0.15) is 5.82 Å². The summed E-state index contributed by atoms with van der Waals surface area (Å²) >= 11 is 0. The molecule has 98 valence electrons. The minimum atomic E-state index is -0.806. The van der Waals surface area contributed by atoms with Crippen LogP contribution in [-0.4, -0.2) is 29.1 Å². The van der Waals surface area contributed by atoms with E-state index in [1.165, 1.54) is 6.07 Å². The van der Waals surface area contributed by atoms with E-state index in [0.717, 1.165) is 0 Å². The number of aliphatic carboxylic acids is 1. The Kier molecular flexibility index (Phi) is 6.08. The van der Waals surface area contributed by atoms with Crippen LogP contribution >= 0.6 is 0 Å². The Bertz CT molecular complexity index is 407. The van der Waals surface area contributed by atoms with Gasteiger partial charge in [-0.3, -0.25) is 9.69 Å². The second kappa shape index (κ2) is 7.61. The van der Waals surface area contributed by atoms with Crippen LogP contribution in [0.5, 0.6) is 0 Å². The molecule has 4 heteroatoms. The summed E-state index contributed by atoms with van der Waals surface area (Å²) in [6.45, 7) is 5.36. The maximum atomic E-state index is 13.5. The maximum absolute atomic E-state index is 13.5. The third kappa shape index (κ3) is 5.10. The SMILES string of the molecule is C=CCN(CCCC(=O)O)Cc1ccccc1F. The van der Waals surface area contributed by atoms with E-state index in [1.807, 2.05) is 4.90 Å². The quantitative estimate of drug-likeness (QED) is 0.722. The minimum absolute atomic E-state index is 0.130. The van der Waals surface area contributed by atoms with Crippen molar-refractivity contribution in [3.63, 3.8) is 0 Å². The molecule has 0 aliphatic carbocycles. The molecule has 0 spiro atoms. The molecule has 0 aromatic heterocycles. The first-order valence-electron chi connectivity index (χ1n) is 5.92. The van der Waals surface area contributed by atoms with Crippen molar-refractivity contribution < 1.29 is 14.3 Å². The zero-order valence-electron chi connectivity index (χ0n) is 10.3. The molecule has 0 amide bonds. The molecule has 0 aliphatic rings. The van der Waals surface area contributed by atoms with Gasteiger partial charge in [-0.2, -0.15) is 0 Å². The summed E-state index contributed by atoms with van der Waals surface area (Å²) in [6, 6.07) is 6.62. The van der Waals surface area contributed by atoms with Crippen LogP contribution < -0.4 is 0 Å². The van der Waals surface area contributed by atoms with E-state index >= 15 is 0 Å². The summed E-state index contributed by atoms with van der Waals surface area (Å²) in [5.41, 5.74) is 0.620. The van der Waals surface area contributed by atoms with Crippen molar-refractivity contribution in [3.05, 3.63) is 48.3 Å². The first kappa shape index (κ1) is 14.4. The molecular formula is C14H18FNO2. The molecule has 0 saturated heterocycles. The number of hydrogen-bond donors (Lipinski definition) is 1. The van der Waals surface area contributed by atoms with Crippen molar-refractivity contribution in [2.24, 2.45) is 0 Å². The van der Waals surface area contributed by atoms with Crippen LogP contribution in [0.25, 0.3) is 0 Å². The number of rotatable bonds is 8. The lowest BCUT2D eigenvalue weighted by molar-refractivity contribution is -0.137. The molecule has 3 nitrogen and oxygen atoms in total. The molecule has 1 aromatic rings. The molecule has 0 fully saturated rings. The van der Waals surface area contributed by atoms with Crippen LogP contribution in [0, 0.1) is 5.82 Å². The van der Waals surface area contributed by atoms with Gasteiger partial charge in [0.25, 0.3) is 0 Å². The molecule has 0 heterocycles. The highest BCUT2D eigenvalue weighted by molar-refractivity contribution is 5.66. The summed E-state index contributed by atoms with van der Waals surface area (Å²) in [6.07, 6.45) is 2.42. The molecule has 0 radical (unpaired) electrons. The monoisotopic (exact) mass is 251 g/mol. The van der Waals surface area contributed by atoms with E-state index < -0.39 is 5.97 Å². The Morgan fingerprint density at radius 3 is 2.78 bits per heavy atom. The lowest BCUT2D eigenvalue weighted by Crippen LogP contribution is -2.25. The van der Waals surface area contributed by atoms with E-state index in [0.29, 0.717) is 31.6 Å². The summed E-state index contributed by atoms with van der Waals surface area (Å²) in [4.78, 5) is 12.4. The van der Waals surface area contributed by atoms with Crippen molar-refractivity contribution in [3.8, 4) is 0 Å². The fourth-order valence-electron chi connectivity index (χ4n) is 1.74. The van der Waals surface area contributed by atoms with Gasteiger partial charge in [0.2, 0.25) is 0 Å². The molecule has 0 bridgehead atoms. The van der Waals surface area contributed by atoms with Crippen molar-refractivity contribution in [2.75, 3.05) is 13.1 Å². The van der Waals surface area contributed by atoms with Gasteiger partial charge in [0.05, 0.1) is 0 Å². The third-order valence-corrected chi connectivity index (χ3v) is 2.60. The first-order chi connectivity index (χ1) is 8.63. The van der Waals surface area contributed by atoms with Crippen LogP contribution in [0.15, 0.2) is 36.9 Å². The number of carbonyl (C=O) groups is 1. The topological polar surface area (TPSA) is 40.5 Å². The number of carboxylic acid groups (broad SMARTS) is 1. The predicted molar refractivity (Wildman–Crippen MR) is 68.7 cm³/mol. The van der Waals surface area contributed by atoms with Crippen LogP contribution in [-0.2, 0) is 11.3 Å². The number of nitrogens with zero attached hydrogens (tertiary/aromatic N) is 1. The molecular weight excluding hydrogens is 233 g/mol. The highest BCUT2D eigenvalue weighted by Crippen LogP contribution is 2.10. The number of benzene rings is 1. The molecule has 0 atom stereocenters. The lowest BCUT2D eigenvalue weighted by Gasteiger charge is -2.20. The van der Waals surface area contributed by atoms with Gasteiger partial charge in [-0.05, 0) is 19.0 Å². The average Bonchev–Trinajstić information content (AvgIpc) is 2.32. The van der Waals surface area contributed by atoms with E-state index in [2.05, 4.69) is 6.58 Å². The van der Waals surface area contributed by atoms with Gasteiger partial charge < -0.3 is 5.11 Å². The van der Waals surface area contributed by atoms with Gasteiger partial charge >= 0.3 is 5.97 Å². The zero-order chi connectivity index (χ0) is 13.4. The van der Waals surface area contributed by atoms with Crippen molar-refractivity contribution in [1.82, 2.24) is 4.90 Å². The number of carboxylic acids is 1. The molecule has 0 saturated carbocycles. The van der Waals surface area contributed by atoms with Crippen LogP contribution in [0.4, 0.5) is 4.39 Å². The van der Waals surface area contributed by atoms with Crippen LogP contribution in [0.1, 0.15) is 18.4 Å². The summed E-state index contributed by atoms with van der Waals surface area (Å²) < 4.78 is 13.5. The Labute approximate surface area is 107 Å². The third-order valence-electron chi connectivity index (χ3n) is 2.60. The highest BCUT2D eigenvalue weighted by atomic mass is 19.1. The highest BCUT2D eigenvalue weighted by Gasteiger charge is 2.08. The van der Waals surface area contributed by atoms with Crippen molar-refractivity contribution >= 4 is 5.97 Å². The standard InChI is InChI=1S/C14H18FNO2/c1-2-9-16(10-5-8-14(17)18)11-12-6-3-4-7-13(12)15/h2-4,6-7H,1,5,8-11H2,(H,17,18). The van der Waals surface area contributed by atoms with Crippen LogP contribution in [0.2, 0.25) is 0 Å². The minimum Gasteiger partial charge on any atom is -0.481 e. The van der Waals surface area contributed by atoms with Gasteiger partial charge in [-0.15, -0.1) is 6.58 Å². The summed E-state index contributed by atoms with van der Waals surface area (Å²) in [7, 11) is 0. The fourth-order valence-corrected chi connectivity index (χ4v) is 1.74. The van der Waals surface area contributed by atoms with Gasteiger partial charge in [0.15, 0.2) is 0 Å². The normalized spacial score (nSPS) is 10.6. The van der Waals surface area contributed by atoms with Gasteiger partial charge in [-0.25, -0.2) is 4.39 Å². The lowest BCUT2D eigenvalue weighted by atomic mass is 10.2. The largest absolute Gasteiger partial charge is 0.481 e. The summed E-state index contributed by atoms with van der Waals surface area (Å²) in [5, 5.41) is 8.59. The number of halogens is 1. The fraction of sp³-hybridized carbons (Fsp3) is 0.357. The first-order valence-corrected chi connectivity index (χ1v) is 5.92.